The number of amides is 1. The number of hydrogen-bond acceptors (Lipinski definition) is 3. The van der Waals surface area contributed by atoms with Crippen molar-refractivity contribution in [2.75, 3.05) is 13.6 Å². The molecule has 0 bridgehead atoms. The summed E-state index contributed by atoms with van der Waals surface area (Å²) in [5.41, 5.74) is 6.93. The average molecular weight is 292 g/mol. The first-order valence-electron chi connectivity index (χ1n) is 7.40. The molecular formula is C17H28N2O2. The van der Waals surface area contributed by atoms with Crippen LogP contribution in [-0.4, -0.2) is 36.5 Å². The Morgan fingerprint density at radius 3 is 2.19 bits per heavy atom. The second kappa shape index (κ2) is 6.94. The highest BCUT2D eigenvalue weighted by Crippen LogP contribution is 2.24. The van der Waals surface area contributed by atoms with E-state index in [-0.39, 0.29) is 17.4 Å². The van der Waals surface area contributed by atoms with Crippen molar-refractivity contribution in [1.29, 1.82) is 0 Å². The summed E-state index contributed by atoms with van der Waals surface area (Å²) in [6.07, 6.45) is -0.524. The number of benzene rings is 1. The number of nitrogens with two attached hydrogens (primary N) is 1. The molecule has 0 aromatic heterocycles. The van der Waals surface area contributed by atoms with Crippen molar-refractivity contribution in [2.45, 2.75) is 52.2 Å². The molecule has 2 N–H and O–H groups in total. The Labute approximate surface area is 128 Å². The molecule has 0 fully saturated rings. The maximum atomic E-state index is 12.2. The summed E-state index contributed by atoms with van der Waals surface area (Å²) in [6, 6.07) is 7.91. The summed E-state index contributed by atoms with van der Waals surface area (Å²) in [5, 5.41) is 0. The van der Waals surface area contributed by atoms with Gasteiger partial charge in [0.05, 0.1) is 0 Å². The number of nitrogens with zero attached hydrogens (tertiary/aromatic N) is 1. The van der Waals surface area contributed by atoms with Crippen molar-refractivity contribution in [3.05, 3.63) is 29.8 Å². The molecule has 1 rings (SSSR count). The quantitative estimate of drug-likeness (QED) is 0.907. The van der Waals surface area contributed by atoms with Crippen LogP contribution >= 0.6 is 0 Å². The number of carbonyl (C=O) groups excluding carboxylic acids is 1. The summed E-state index contributed by atoms with van der Waals surface area (Å²) >= 11 is 0. The number of carbonyl (C=O) groups is 1. The highest BCUT2D eigenvalue weighted by Gasteiger charge is 2.22. The van der Waals surface area contributed by atoms with E-state index in [1.807, 2.05) is 31.2 Å². The minimum atomic E-state index is -0.524. The van der Waals surface area contributed by atoms with Gasteiger partial charge in [0.1, 0.15) is 5.75 Å². The zero-order chi connectivity index (χ0) is 16.2. The lowest BCUT2D eigenvalue weighted by molar-refractivity contribution is -0.138. The molecule has 2 unspecified atom stereocenters. The summed E-state index contributed by atoms with van der Waals surface area (Å²) in [7, 11) is 1.75. The standard InChI is InChI=1S/C17H28N2O2/c1-12(11-18)19(6)16(20)13(2)21-15-9-7-14(8-10-15)17(3,4)5/h7-10,12-13H,11,18H2,1-6H3. The smallest absolute Gasteiger partial charge is 0.263 e. The molecule has 0 saturated heterocycles. The molecule has 0 aliphatic rings. The van der Waals surface area contributed by atoms with Crippen molar-refractivity contribution in [1.82, 2.24) is 4.90 Å². The van der Waals surface area contributed by atoms with Crippen molar-refractivity contribution in [2.24, 2.45) is 5.73 Å². The van der Waals surface area contributed by atoms with Crippen molar-refractivity contribution in [3.8, 4) is 5.75 Å². The van der Waals surface area contributed by atoms with Gasteiger partial charge < -0.3 is 15.4 Å². The molecule has 1 aromatic rings. The Balaban J connectivity index is 2.71. The Bertz CT molecular complexity index is 463. The molecule has 0 saturated carbocycles. The molecule has 2 atom stereocenters. The summed E-state index contributed by atoms with van der Waals surface area (Å²) in [5.74, 6) is 0.644. The Morgan fingerprint density at radius 2 is 1.76 bits per heavy atom. The van der Waals surface area contributed by atoms with Crippen LogP contribution < -0.4 is 10.5 Å². The third-order valence-electron chi connectivity index (χ3n) is 3.73. The Hall–Kier alpha value is -1.55. The molecular weight excluding hydrogens is 264 g/mol. The monoisotopic (exact) mass is 292 g/mol. The van der Waals surface area contributed by atoms with Crippen LogP contribution in [0.3, 0.4) is 0 Å². The molecule has 21 heavy (non-hydrogen) atoms. The molecule has 4 heteroatoms. The number of hydrogen-bond donors (Lipinski definition) is 1. The molecule has 118 valence electrons. The van der Waals surface area contributed by atoms with Gasteiger partial charge in [-0.1, -0.05) is 32.9 Å². The highest BCUT2D eigenvalue weighted by molar-refractivity contribution is 5.80. The Morgan fingerprint density at radius 1 is 1.24 bits per heavy atom. The lowest BCUT2D eigenvalue weighted by atomic mass is 9.87. The van der Waals surface area contributed by atoms with E-state index in [0.29, 0.717) is 12.3 Å². The van der Waals surface area contributed by atoms with Gasteiger partial charge in [0.15, 0.2) is 6.10 Å². The summed E-state index contributed by atoms with van der Waals surface area (Å²) in [6.45, 7) is 10.6. The minimum Gasteiger partial charge on any atom is -0.481 e. The first-order valence-corrected chi connectivity index (χ1v) is 7.40. The molecule has 1 amide bonds. The molecule has 0 aliphatic carbocycles. The van der Waals surface area contributed by atoms with Crippen LogP contribution in [0.5, 0.6) is 5.75 Å². The zero-order valence-corrected chi connectivity index (χ0v) is 14.0. The average Bonchev–Trinajstić information content (AvgIpc) is 2.44. The molecule has 0 heterocycles. The molecule has 1 aromatic carbocycles. The van der Waals surface area contributed by atoms with Crippen LogP contribution in [0.15, 0.2) is 24.3 Å². The Kier molecular flexibility index (Phi) is 5.78. The van der Waals surface area contributed by atoms with Gasteiger partial charge in [0.2, 0.25) is 0 Å². The van der Waals surface area contributed by atoms with Crippen molar-refractivity contribution < 1.29 is 9.53 Å². The molecule has 4 nitrogen and oxygen atoms in total. The second-order valence-electron chi connectivity index (χ2n) is 6.57. The van der Waals surface area contributed by atoms with Crippen LogP contribution in [0.25, 0.3) is 0 Å². The fourth-order valence-corrected chi connectivity index (χ4v) is 1.95. The third-order valence-corrected chi connectivity index (χ3v) is 3.73. The van der Waals surface area contributed by atoms with Gasteiger partial charge in [0, 0.05) is 19.6 Å². The van der Waals surface area contributed by atoms with Gasteiger partial charge in [-0.3, -0.25) is 4.79 Å². The van der Waals surface area contributed by atoms with Gasteiger partial charge in [-0.15, -0.1) is 0 Å². The number of rotatable bonds is 5. The van der Waals surface area contributed by atoms with E-state index < -0.39 is 6.10 Å². The van der Waals surface area contributed by atoms with E-state index in [0.717, 1.165) is 0 Å². The number of ether oxygens (including phenoxy) is 1. The topological polar surface area (TPSA) is 55.6 Å². The maximum Gasteiger partial charge on any atom is 0.263 e. The third kappa shape index (κ3) is 4.74. The number of likely N-dealkylation sites (N-methyl/N-ethyl adjacent to an activating group) is 1. The lowest BCUT2D eigenvalue weighted by Gasteiger charge is -2.27. The van der Waals surface area contributed by atoms with Gasteiger partial charge >= 0.3 is 0 Å². The van der Waals surface area contributed by atoms with Crippen LogP contribution in [0.4, 0.5) is 0 Å². The SMILES string of the molecule is CC(Oc1ccc(C(C)(C)C)cc1)C(=O)N(C)C(C)CN. The first kappa shape index (κ1) is 17.5. The predicted molar refractivity (Wildman–Crippen MR) is 86.5 cm³/mol. The predicted octanol–water partition coefficient (Wildman–Crippen LogP) is 2.56. The largest absolute Gasteiger partial charge is 0.481 e. The van der Waals surface area contributed by atoms with Crippen LogP contribution in [0.2, 0.25) is 0 Å². The summed E-state index contributed by atoms with van der Waals surface area (Å²) < 4.78 is 5.73. The highest BCUT2D eigenvalue weighted by atomic mass is 16.5. The maximum absolute atomic E-state index is 12.2. The molecule has 0 aliphatic heterocycles. The van der Waals surface area contributed by atoms with Crippen LogP contribution in [-0.2, 0) is 10.2 Å². The minimum absolute atomic E-state index is 0.00631. The van der Waals surface area contributed by atoms with Crippen LogP contribution in [0.1, 0.15) is 40.2 Å². The normalized spacial score (nSPS) is 14.4. The van der Waals surface area contributed by atoms with E-state index in [1.54, 1.807) is 18.9 Å². The van der Waals surface area contributed by atoms with Crippen LogP contribution in [0, 0.1) is 0 Å². The van der Waals surface area contributed by atoms with E-state index in [4.69, 9.17) is 10.5 Å². The molecule has 0 radical (unpaired) electrons. The van der Waals surface area contributed by atoms with Crippen molar-refractivity contribution in [3.63, 3.8) is 0 Å². The summed E-state index contributed by atoms with van der Waals surface area (Å²) in [4.78, 5) is 13.9. The van der Waals surface area contributed by atoms with Gasteiger partial charge in [-0.05, 0) is 37.0 Å². The second-order valence-corrected chi connectivity index (χ2v) is 6.57. The molecule has 0 spiro atoms. The van der Waals surface area contributed by atoms with E-state index in [2.05, 4.69) is 20.8 Å². The van der Waals surface area contributed by atoms with Gasteiger partial charge in [-0.25, -0.2) is 0 Å². The van der Waals surface area contributed by atoms with Crippen molar-refractivity contribution >= 4 is 5.91 Å². The fourth-order valence-electron chi connectivity index (χ4n) is 1.95. The fraction of sp³-hybridized carbons (Fsp3) is 0.588. The van der Waals surface area contributed by atoms with Gasteiger partial charge in [0.25, 0.3) is 5.91 Å². The van der Waals surface area contributed by atoms with Gasteiger partial charge in [-0.2, -0.15) is 0 Å². The lowest BCUT2D eigenvalue weighted by Crippen LogP contribution is -2.45. The van der Waals surface area contributed by atoms with E-state index >= 15 is 0 Å². The van der Waals surface area contributed by atoms with E-state index in [1.165, 1.54) is 5.56 Å². The van der Waals surface area contributed by atoms with E-state index in [9.17, 15) is 4.79 Å². The zero-order valence-electron chi connectivity index (χ0n) is 14.0. The first-order chi connectivity index (χ1) is 9.66.